The van der Waals surface area contributed by atoms with Crippen LogP contribution in [0.1, 0.15) is 17.0 Å². The molecule has 0 fully saturated rings. The minimum Gasteiger partial charge on any atom is -0.341 e. The first-order valence-corrected chi connectivity index (χ1v) is 8.01. The number of carbonyl (C=O) groups excluding carboxylic acids is 1. The Morgan fingerprint density at radius 2 is 2.09 bits per heavy atom. The number of pyridine rings is 1. The Kier molecular flexibility index (Phi) is 4.44. The van der Waals surface area contributed by atoms with Crippen molar-refractivity contribution in [2.75, 3.05) is 7.05 Å². The van der Waals surface area contributed by atoms with E-state index in [2.05, 4.69) is 16.0 Å². The van der Waals surface area contributed by atoms with Gasteiger partial charge in [0.25, 0.3) is 0 Å². The van der Waals surface area contributed by atoms with Crippen LogP contribution in [0.15, 0.2) is 48.8 Å². The maximum Gasteiger partial charge on any atom is 0.223 e. The maximum absolute atomic E-state index is 12.2. The molecule has 0 aliphatic rings. The van der Waals surface area contributed by atoms with Gasteiger partial charge in [-0.1, -0.05) is 18.2 Å². The molecule has 0 atom stereocenters. The summed E-state index contributed by atoms with van der Waals surface area (Å²) < 4.78 is 1.17. The Labute approximate surface area is 133 Å². The summed E-state index contributed by atoms with van der Waals surface area (Å²) in [6, 6.07) is 11.9. The van der Waals surface area contributed by atoms with Gasteiger partial charge in [0.15, 0.2) is 0 Å². The number of amides is 1. The number of para-hydroxylation sites is 1. The van der Waals surface area contributed by atoms with Gasteiger partial charge in [-0.15, -0.1) is 11.3 Å². The lowest BCUT2D eigenvalue weighted by Crippen LogP contribution is -2.26. The number of carbonyl (C=O) groups is 1. The molecule has 22 heavy (non-hydrogen) atoms. The van der Waals surface area contributed by atoms with Crippen molar-refractivity contribution in [3.8, 4) is 0 Å². The summed E-state index contributed by atoms with van der Waals surface area (Å²) in [5, 5.41) is 1.02. The predicted octanol–water partition coefficient (Wildman–Crippen LogP) is 3.28. The van der Waals surface area contributed by atoms with Crippen molar-refractivity contribution in [3.05, 3.63) is 59.4 Å². The van der Waals surface area contributed by atoms with Crippen LogP contribution < -0.4 is 0 Å². The van der Waals surface area contributed by atoms with E-state index in [0.29, 0.717) is 19.4 Å². The van der Waals surface area contributed by atoms with Crippen molar-refractivity contribution in [1.82, 2.24) is 14.9 Å². The molecular weight excluding hydrogens is 294 g/mol. The Hall–Kier alpha value is -2.27. The molecule has 0 saturated heterocycles. The highest BCUT2D eigenvalue weighted by molar-refractivity contribution is 7.18. The zero-order valence-corrected chi connectivity index (χ0v) is 13.2. The van der Waals surface area contributed by atoms with E-state index in [1.807, 2.05) is 37.4 Å². The van der Waals surface area contributed by atoms with Crippen molar-refractivity contribution in [3.63, 3.8) is 0 Å². The number of benzene rings is 1. The third-order valence-electron chi connectivity index (χ3n) is 3.46. The first-order valence-electron chi connectivity index (χ1n) is 7.20. The third kappa shape index (κ3) is 3.49. The lowest BCUT2D eigenvalue weighted by Gasteiger charge is -2.16. The van der Waals surface area contributed by atoms with E-state index in [1.165, 1.54) is 4.70 Å². The summed E-state index contributed by atoms with van der Waals surface area (Å²) in [5.74, 6) is 0.128. The average molecular weight is 311 g/mol. The van der Waals surface area contributed by atoms with Crippen molar-refractivity contribution >= 4 is 27.5 Å². The van der Waals surface area contributed by atoms with E-state index in [9.17, 15) is 4.79 Å². The number of nitrogens with zero attached hydrogens (tertiary/aromatic N) is 3. The SMILES string of the molecule is CN(Cc1cccnc1)C(=O)CCc1nc2ccccc2s1. The predicted molar refractivity (Wildman–Crippen MR) is 88.7 cm³/mol. The molecule has 5 heteroatoms. The van der Waals surface area contributed by atoms with Crippen molar-refractivity contribution < 1.29 is 4.79 Å². The second-order valence-electron chi connectivity index (χ2n) is 5.19. The third-order valence-corrected chi connectivity index (χ3v) is 4.56. The second kappa shape index (κ2) is 6.66. The molecule has 2 heterocycles. The molecule has 0 radical (unpaired) electrons. The molecule has 2 aromatic heterocycles. The minimum absolute atomic E-state index is 0.128. The molecule has 0 N–H and O–H groups in total. The molecule has 1 amide bonds. The Morgan fingerprint density at radius 1 is 1.23 bits per heavy atom. The van der Waals surface area contributed by atoms with E-state index in [0.717, 1.165) is 16.1 Å². The van der Waals surface area contributed by atoms with Gasteiger partial charge >= 0.3 is 0 Å². The Morgan fingerprint density at radius 3 is 2.86 bits per heavy atom. The summed E-state index contributed by atoms with van der Waals surface area (Å²) in [7, 11) is 1.83. The van der Waals surface area contributed by atoms with Gasteiger partial charge < -0.3 is 4.90 Å². The summed E-state index contributed by atoms with van der Waals surface area (Å²) in [5.41, 5.74) is 2.05. The zero-order valence-electron chi connectivity index (χ0n) is 12.4. The van der Waals surface area contributed by atoms with Crippen LogP contribution in [-0.2, 0) is 17.8 Å². The fourth-order valence-electron chi connectivity index (χ4n) is 2.29. The molecule has 0 aliphatic heterocycles. The maximum atomic E-state index is 12.2. The van der Waals surface area contributed by atoms with Gasteiger partial charge in [-0.05, 0) is 23.8 Å². The van der Waals surface area contributed by atoms with Gasteiger partial charge in [0.05, 0.1) is 15.2 Å². The molecule has 0 saturated carbocycles. The van der Waals surface area contributed by atoms with Gasteiger partial charge in [-0.2, -0.15) is 0 Å². The number of aromatic nitrogens is 2. The number of hydrogen-bond acceptors (Lipinski definition) is 4. The van der Waals surface area contributed by atoms with E-state index < -0.39 is 0 Å². The quantitative estimate of drug-likeness (QED) is 0.726. The molecule has 3 aromatic rings. The summed E-state index contributed by atoms with van der Waals surface area (Å²) in [4.78, 5) is 22.6. The van der Waals surface area contributed by atoms with Crippen molar-refractivity contribution in [1.29, 1.82) is 0 Å². The van der Waals surface area contributed by atoms with Crippen molar-refractivity contribution in [2.45, 2.75) is 19.4 Å². The van der Waals surface area contributed by atoms with Crippen LogP contribution in [0.3, 0.4) is 0 Å². The number of aryl methyl sites for hydroxylation is 1. The molecule has 3 rings (SSSR count). The van der Waals surface area contributed by atoms with E-state index >= 15 is 0 Å². The molecule has 112 valence electrons. The molecule has 0 bridgehead atoms. The van der Waals surface area contributed by atoms with Crippen LogP contribution in [-0.4, -0.2) is 27.8 Å². The highest BCUT2D eigenvalue weighted by Crippen LogP contribution is 2.22. The van der Waals surface area contributed by atoms with E-state index in [1.54, 1.807) is 28.6 Å². The largest absolute Gasteiger partial charge is 0.341 e. The van der Waals surface area contributed by atoms with Gasteiger partial charge in [-0.25, -0.2) is 4.98 Å². The van der Waals surface area contributed by atoms with Crippen molar-refractivity contribution in [2.24, 2.45) is 0 Å². The highest BCUT2D eigenvalue weighted by atomic mass is 32.1. The van der Waals surface area contributed by atoms with E-state index in [-0.39, 0.29) is 5.91 Å². The Balaban J connectivity index is 1.57. The highest BCUT2D eigenvalue weighted by Gasteiger charge is 2.11. The lowest BCUT2D eigenvalue weighted by molar-refractivity contribution is -0.130. The second-order valence-corrected chi connectivity index (χ2v) is 6.30. The zero-order chi connectivity index (χ0) is 15.4. The number of fused-ring (bicyclic) bond motifs is 1. The smallest absolute Gasteiger partial charge is 0.223 e. The van der Waals surface area contributed by atoms with Crippen LogP contribution in [0.4, 0.5) is 0 Å². The van der Waals surface area contributed by atoms with Gasteiger partial charge in [0.2, 0.25) is 5.91 Å². The first-order chi connectivity index (χ1) is 10.7. The molecule has 4 nitrogen and oxygen atoms in total. The minimum atomic E-state index is 0.128. The molecule has 1 aromatic carbocycles. The standard InChI is InChI=1S/C17H17N3OS/c1-20(12-13-5-4-10-18-11-13)17(21)9-8-16-19-14-6-2-3-7-15(14)22-16/h2-7,10-11H,8-9,12H2,1H3. The molecule has 0 aliphatic carbocycles. The normalized spacial score (nSPS) is 10.8. The van der Waals surface area contributed by atoms with Crippen LogP contribution in [0.2, 0.25) is 0 Å². The van der Waals surface area contributed by atoms with Crippen LogP contribution in [0, 0.1) is 0 Å². The summed E-state index contributed by atoms with van der Waals surface area (Å²) in [6.07, 6.45) is 4.70. The van der Waals surface area contributed by atoms with Crippen LogP contribution in [0.5, 0.6) is 0 Å². The van der Waals surface area contributed by atoms with E-state index in [4.69, 9.17) is 0 Å². The number of rotatable bonds is 5. The van der Waals surface area contributed by atoms with Gasteiger partial charge in [0.1, 0.15) is 0 Å². The Bertz CT molecular complexity index is 737. The molecule has 0 spiro atoms. The fourth-order valence-corrected chi connectivity index (χ4v) is 3.25. The van der Waals surface area contributed by atoms with Crippen LogP contribution in [0.25, 0.3) is 10.2 Å². The average Bonchev–Trinajstić information content (AvgIpc) is 2.96. The number of thiazole rings is 1. The molecular formula is C17H17N3OS. The van der Waals surface area contributed by atoms with Gasteiger partial charge in [0, 0.05) is 38.8 Å². The summed E-state index contributed by atoms with van der Waals surface area (Å²) >= 11 is 1.66. The fraction of sp³-hybridized carbons (Fsp3) is 0.235. The topological polar surface area (TPSA) is 46.1 Å². The van der Waals surface area contributed by atoms with Gasteiger partial charge in [-0.3, -0.25) is 9.78 Å². The summed E-state index contributed by atoms with van der Waals surface area (Å²) in [6.45, 7) is 0.590. The molecule has 0 unspecified atom stereocenters. The first kappa shape index (κ1) is 14.7. The number of hydrogen-bond donors (Lipinski definition) is 0. The lowest BCUT2D eigenvalue weighted by atomic mass is 10.2. The van der Waals surface area contributed by atoms with Crippen LogP contribution >= 0.6 is 11.3 Å². The monoisotopic (exact) mass is 311 g/mol.